The van der Waals surface area contributed by atoms with E-state index in [4.69, 9.17) is 0 Å². The van der Waals surface area contributed by atoms with Crippen molar-refractivity contribution in [1.29, 1.82) is 0 Å². The first-order valence-electron chi connectivity index (χ1n) is 5.75. The van der Waals surface area contributed by atoms with Crippen LogP contribution in [0.2, 0.25) is 0 Å². The molecular weight excluding hydrogens is 220 g/mol. The van der Waals surface area contributed by atoms with Crippen LogP contribution in [0.5, 0.6) is 0 Å². The molecule has 0 radical (unpaired) electrons. The predicted molar refractivity (Wildman–Crippen MR) is 68.9 cm³/mol. The fourth-order valence-corrected chi connectivity index (χ4v) is 2.46. The van der Waals surface area contributed by atoms with Gasteiger partial charge in [0.15, 0.2) is 0 Å². The summed E-state index contributed by atoms with van der Waals surface area (Å²) >= 11 is 1.72. The topological polar surface area (TPSA) is 45.1 Å². The third-order valence-electron chi connectivity index (χ3n) is 2.90. The molecule has 0 aliphatic heterocycles. The van der Waals surface area contributed by atoms with Crippen molar-refractivity contribution in [3.8, 4) is 0 Å². The molecule has 0 aromatic carbocycles. The lowest BCUT2D eigenvalue weighted by atomic mass is 10.0. The summed E-state index contributed by atoms with van der Waals surface area (Å²) in [5.74, 6) is 0. The van der Waals surface area contributed by atoms with Crippen LogP contribution in [0, 0.1) is 13.8 Å². The number of nitrogens with zero attached hydrogens (tertiary/aromatic N) is 1. The van der Waals surface area contributed by atoms with Crippen LogP contribution in [0.25, 0.3) is 0 Å². The second-order valence-corrected chi connectivity index (χ2v) is 6.03. The van der Waals surface area contributed by atoms with E-state index in [0.717, 1.165) is 17.1 Å². The summed E-state index contributed by atoms with van der Waals surface area (Å²) < 4.78 is 0. The van der Waals surface area contributed by atoms with Crippen LogP contribution >= 0.6 is 11.3 Å². The van der Waals surface area contributed by atoms with E-state index in [9.17, 15) is 5.11 Å². The quantitative estimate of drug-likeness (QED) is 0.834. The normalized spacial score (nSPS) is 17.1. The third kappa shape index (κ3) is 3.54. The second kappa shape index (κ2) is 5.25. The van der Waals surface area contributed by atoms with Gasteiger partial charge in [0, 0.05) is 17.5 Å². The number of hydrogen-bond donors (Lipinski definition) is 2. The lowest BCUT2D eigenvalue weighted by Gasteiger charge is -2.24. The molecule has 0 aliphatic carbocycles. The highest BCUT2D eigenvalue weighted by Gasteiger charge is 2.20. The summed E-state index contributed by atoms with van der Waals surface area (Å²) in [6, 6.07) is 0.197. The smallest absolute Gasteiger partial charge is 0.0900 e. The number of aromatic nitrogens is 1. The zero-order chi connectivity index (χ0) is 12.3. The second-order valence-electron chi connectivity index (χ2n) is 4.63. The molecule has 0 amide bonds. The summed E-state index contributed by atoms with van der Waals surface area (Å²) in [4.78, 5) is 5.77. The lowest BCUT2D eigenvalue weighted by Crippen LogP contribution is -2.38. The Bertz CT molecular complexity index is 347. The number of rotatable bonds is 5. The highest BCUT2D eigenvalue weighted by Crippen LogP contribution is 2.22. The average Bonchev–Trinajstić information content (AvgIpc) is 2.54. The van der Waals surface area contributed by atoms with Crippen molar-refractivity contribution in [3.63, 3.8) is 0 Å². The van der Waals surface area contributed by atoms with Crippen LogP contribution in [-0.4, -0.2) is 22.2 Å². The van der Waals surface area contributed by atoms with Crippen LogP contribution in [-0.2, 0) is 0 Å². The lowest BCUT2D eigenvalue weighted by molar-refractivity contribution is 0.0532. The van der Waals surface area contributed by atoms with Gasteiger partial charge in [0.25, 0.3) is 0 Å². The molecule has 1 heterocycles. The largest absolute Gasteiger partial charge is 0.389 e. The molecule has 0 bridgehead atoms. The van der Waals surface area contributed by atoms with Gasteiger partial charge in [-0.05, 0) is 34.1 Å². The van der Waals surface area contributed by atoms with E-state index in [1.807, 2.05) is 20.8 Å². The molecule has 4 heteroatoms. The SMILES string of the molecule is CCC(C)(O)CNC(C)c1nc(C)sc1C. The molecule has 1 rings (SSSR count). The molecule has 0 saturated carbocycles. The number of aliphatic hydroxyl groups is 1. The number of aryl methyl sites for hydroxylation is 2. The Kier molecular flexibility index (Phi) is 4.47. The number of thiazole rings is 1. The van der Waals surface area contributed by atoms with Crippen molar-refractivity contribution < 1.29 is 5.11 Å². The van der Waals surface area contributed by atoms with Crippen molar-refractivity contribution in [2.75, 3.05) is 6.54 Å². The fourth-order valence-electron chi connectivity index (χ4n) is 1.54. The van der Waals surface area contributed by atoms with Crippen LogP contribution in [0.15, 0.2) is 0 Å². The van der Waals surface area contributed by atoms with E-state index in [0.29, 0.717) is 6.54 Å². The van der Waals surface area contributed by atoms with Gasteiger partial charge in [0.2, 0.25) is 0 Å². The Morgan fingerprint density at radius 3 is 2.56 bits per heavy atom. The third-order valence-corrected chi connectivity index (χ3v) is 3.80. The van der Waals surface area contributed by atoms with Crippen molar-refractivity contribution in [2.24, 2.45) is 0 Å². The van der Waals surface area contributed by atoms with Crippen molar-refractivity contribution in [1.82, 2.24) is 10.3 Å². The summed E-state index contributed by atoms with van der Waals surface area (Å²) in [7, 11) is 0. The molecule has 0 fully saturated rings. The highest BCUT2D eigenvalue weighted by atomic mass is 32.1. The zero-order valence-electron chi connectivity index (χ0n) is 10.8. The van der Waals surface area contributed by atoms with Gasteiger partial charge >= 0.3 is 0 Å². The minimum atomic E-state index is -0.632. The summed E-state index contributed by atoms with van der Waals surface area (Å²) in [5, 5.41) is 14.4. The Morgan fingerprint density at radius 2 is 2.12 bits per heavy atom. The van der Waals surface area contributed by atoms with Crippen molar-refractivity contribution in [3.05, 3.63) is 15.6 Å². The monoisotopic (exact) mass is 242 g/mol. The Balaban J connectivity index is 2.59. The summed E-state index contributed by atoms with van der Waals surface area (Å²) in [5.41, 5.74) is 0.474. The summed E-state index contributed by atoms with van der Waals surface area (Å²) in [6.45, 7) is 10.6. The van der Waals surface area contributed by atoms with Crippen molar-refractivity contribution >= 4 is 11.3 Å². The van der Waals surface area contributed by atoms with E-state index >= 15 is 0 Å². The first-order chi connectivity index (χ1) is 7.35. The molecule has 92 valence electrons. The van der Waals surface area contributed by atoms with Gasteiger partial charge in [-0.3, -0.25) is 0 Å². The molecule has 2 atom stereocenters. The van der Waals surface area contributed by atoms with E-state index in [1.165, 1.54) is 4.88 Å². The average molecular weight is 242 g/mol. The van der Waals surface area contributed by atoms with Crippen LogP contribution in [0.3, 0.4) is 0 Å². The summed E-state index contributed by atoms with van der Waals surface area (Å²) in [6.07, 6.45) is 0.752. The molecule has 2 N–H and O–H groups in total. The van der Waals surface area contributed by atoms with Gasteiger partial charge in [0.05, 0.1) is 16.3 Å². The first kappa shape index (κ1) is 13.6. The van der Waals surface area contributed by atoms with Gasteiger partial charge in [-0.1, -0.05) is 6.92 Å². The minimum Gasteiger partial charge on any atom is -0.389 e. The molecule has 2 unspecified atom stereocenters. The number of hydrogen-bond acceptors (Lipinski definition) is 4. The zero-order valence-corrected chi connectivity index (χ0v) is 11.6. The van der Waals surface area contributed by atoms with E-state index < -0.39 is 5.60 Å². The standard InChI is InChI=1S/C12H22N2OS/c1-6-12(5,15)7-13-8(2)11-9(3)16-10(4)14-11/h8,13,15H,6-7H2,1-5H3. The van der Waals surface area contributed by atoms with Gasteiger partial charge in [-0.15, -0.1) is 11.3 Å². The van der Waals surface area contributed by atoms with Gasteiger partial charge in [-0.25, -0.2) is 4.98 Å². The molecule has 0 aliphatic rings. The Morgan fingerprint density at radius 1 is 1.50 bits per heavy atom. The van der Waals surface area contributed by atoms with Crippen LogP contribution < -0.4 is 5.32 Å². The fraction of sp³-hybridized carbons (Fsp3) is 0.750. The highest BCUT2D eigenvalue weighted by molar-refractivity contribution is 7.11. The van der Waals surface area contributed by atoms with Crippen LogP contribution in [0.4, 0.5) is 0 Å². The maximum absolute atomic E-state index is 9.91. The predicted octanol–water partition coefficient (Wildman–Crippen LogP) is 2.57. The molecular formula is C12H22N2OS. The van der Waals surface area contributed by atoms with E-state index in [2.05, 4.69) is 24.1 Å². The van der Waals surface area contributed by atoms with E-state index in [-0.39, 0.29) is 6.04 Å². The van der Waals surface area contributed by atoms with E-state index in [1.54, 1.807) is 11.3 Å². The first-order valence-corrected chi connectivity index (χ1v) is 6.57. The minimum absolute atomic E-state index is 0.197. The molecule has 1 aromatic heterocycles. The van der Waals surface area contributed by atoms with Gasteiger partial charge < -0.3 is 10.4 Å². The number of nitrogens with one attached hydrogen (secondary N) is 1. The maximum atomic E-state index is 9.91. The molecule has 0 spiro atoms. The van der Waals surface area contributed by atoms with Gasteiger partial charge in [0.1, 0.15) is 0 Å². The molecule has 0 saturated heterocycles. The molecule has 1 aromatic rings. The Labute approximate surface area is 102 Å². The van der Waals surface area contributed by atoms with Crippen molar-refractivity contribution in [2.45, 2.75) is 52.7 Å². The van der Waals surface area contributed by atoms with Gasteiger partial charge in [-0.2, -0.15) is 0 Å². The molecule has 3 nitrogen and oxygen atoms in total. The van der Waals surface area contributed by atoms with Crippen LogP contribution in [0.1, 0.15) is 48.8 Å². The molecule has 16 heavy (non-hydrogen) atoms. The Hall–Kier alpha value is -0.450. The maximum Gasteiger partial charge on any atom is 0.0900 e.